The third kappa shape index (κ3) is 4.63. The Hall–Kier alpha value is -1.24. The molecule has 1 atom stereocenters. The molecule has 1 aliphatic heterocycles. The number of hydrogen-bond acceptors (Lipinski definition) is 4. The highest BCUT2D eigenvalue weighted by Gasteiger charge is 2.22. The lowest BCUT2D eigenvalue weighted by atomic mass is 10.1. The number of nitrogens with one attached hydrogen (secondary N) is 2. The number of aromatic nitrogens is 3. The van der Waals surface area contributed by atoms with Gasteiger partial charge in [-0.2, -0.15) is 16.9 Å². The van der Waals surface area contributed by atoms with E-state index in [1.165, 1.54) is 0 Å². The minimum atomic E-state index is 0.158. The molecular weight excluding hydrogens is 296 g/mol. The Bertz CT molecular complexity index is 522. The summed E-state index contributed by atoms with van der Waals surface area (Å²) in [6, 6.07) is 0.351. The van der Waals surface area contributed by atoms with Crippen molar-refractivity contribution in [2.75, 3.05) is 19.3 Å². The van der Waals surface area contributed by atoms with Gasteiger partial charge in [0.25, 0.3) is 0 Å². The van der Waals surface area contributed by atoms with Crippen LogP contribution in [0.3, 0.4) is 0 Å². The van der Waals surface area contributed by atoms with Crippen LogP contribution >= 0.6 is 11.8 Å². The van der Waals surface area contributed by atoms with Gasteiger partial charge in [0.05, 0.1) is 13.1 Å². The third-order valence-electron chi connectivity index (χ3n) is 3.82. The minimum Gasteiger partial charge on any atom is -0.357 e. The highest BCUT2D eigenvalue weighted by molar-refractivity contribution is 7.99. The molecule has 0 saturated carbocycles. The lowest BCUT2D eigenvalue weighted by Crippen LogP contribution is -2.47. The van der Waals surface area contributed by atoms with Crippen LogP contribution in [0.15, 0.2) is 4.99 Å². The molecule has 0 aromatic carbocycles. The van der Waals surface area contributed by atoms with Crippen LogP contribution in [0.4, 0.5) is 0 Å². The lowest BCUT2D eigenvalue weighted by Gasteiger charge is -2.26. The molecule has 0 bridgehead atoms. The van der Waals surface area contributed by atoms with Crippen LogP contribution in [0, 0.1) is 6.92 Å². The highest BCUT2D eigenvalue weighted by atomic mass is 32.2. The molecule has 1 aromatic rings. The van der Waals surface area contributed by atoms with Crippen LogP contribution in [0.5, 0.6) is 0 Å². The second-order valence-electron chi connectivity index (χ2n) is 6.30. The first-order chi connectivity index (χ1) is 10.4. The van der Waals surface area contributed by atoms with E-state index < -0.39 is 0 Å². The Labute approximate surface area is 137 Å². The molecule has 2 heterocycles. The predicted octanol–water partition coefficient (Wildman–Crippen LogP) is 1.60. The van der Waals surface area contributed by atoms with E-state index in [9.17, 15) is 0 Å². The van der Waals surface area contributed by atoms with Crippen LogP contribution in [-0.2, 0) is 13.0 Å². The number of thioether (sulfide) groups is 1. The number of nitrogens with zero attached hydrogens (tertiary/aromatic N) is 4. The predicted molar refractivity (Wildman–Crippen MR) is 93.6 cm³/mol. The molecule has 1 aliphatic rings. The van der Waals surface area contributed by atoms with Crippen molar-refractivity contribution in [3.63, 3.8) is 0 Å². The summed E-state index contributed by atoms with van der Waals surface area (Å²) in [5.41, 5.74) is 0. The van der Waals surface area contributed by atoms with Crippen LogP contribution in [0.25, 0.3) is 0 Å². The Morgan fingerprint density at radius 2 is 2.27 bits per heavy atom. The fourth-order valence-corrected chi connectivity index (χ4v) is 2.59. The zero-order chi connectivity index (χ0) is 16.2. The van der Waals surface area contributed by atoms with E-state index in [0.29, 0.717) is 6.04 Å². The topological polar surface area (TPSA) is 67.1 Å². The summed E-state index contributed by atoms with van der Waals surface area (Å²) in [5, 5.41) is 11.3. The van der Waals surface area contributed by atoms with E-state index in [1.807, 2.05) is 23.4 Å². The molecule has 124 valence electrons. The van der Waals surface area contributed by atoms with Crippen molar-refractivity contribution in [1.29, 1.82) is 0 Å². The van der Waals surface area contributed by atoms with Crippen LogP contribution in [0.1, 0.15) is 38.8 Å². The summed E-state index contributed by atoms with van der Waals surface area (Å²) in [4.78, 5) is 9.20. The van der Waals surface area contributed by atoms with Gasteiger partial charge in [-0.15, -0.1) is 0 Å². The molecular formula is C15H28N6S. The van der Waals surface area contributed by atoms with Crippen molar-refractivity contribution in [2.24, 2.45) is 4.99 Å². The normalized spacial score (nSPS) is 19.0. The van der Waals surface area contributed by atoms with Gasteiger partial charge in [0.2, 0.25) is 0 Å². The largest absolute Gasteiger partial charge is 0.357 e. The van der Waals surface area contributed by atoms with Crippen molar-refractivity contribution in [3.8, 4) is 0 Å². The van der Waals surface area contributed by atoms with E-state index in [0.717, 1.165) is 50.1 Å². The zero-order valence-electron chi connectivity index (χ0n) is 14.3. The number of guanidine groups is 1. The standard InChI is InChI=1S/C15H28N6S/c1-6-16-14(17-10-15(3,4)22-5)19-12-7-8-13-18-11(2)20-21(13)9-12/h12H,6-10H2,1-5H3,(H2,16,17,19). The molecule has 0 spiro atoms. The smallest absolute Gasteiger partial charge is 0.191 e. The van der Waals surface area contributed by atoms with Gasteiger partial charge < -0.3 is 10.6 Å². The van der Waals surface area contributed by atoms with E-state index in [4.69, 9.17) is 4.99 Å². The maximum Gasteiger partial charge on any atom is 0.191 e. The summed E-state index contributed by atoms with van der Waals surface area (Å²) >= 11 is 1.84. The van der Waals surface area contributed by atoms with Gasteiger partial charge in [-0.25, -0.2) is 9.67 Å². The molecule has 2 N–H and O–H groups in total. The summed E-state index contributed by atoms with van der Waals surface area (Å²) in [7, 11) is 0. The Balaban J connectivity index is 1.98. The van der Waals surface area contributed by atoms with Crippen LogP contribution < -0.4 is 10.6 Å². The molecule has 22 heavy (non-hydrogen) atoms. The van der Waals surface area contributed by atoms with Gasteiger partial charge in [-0.05, 0) is 40.4 Å². The lowest BCUT2D eigenvalue weighted by molar-refractivity contribution is 0.392. The summed E-state index contributed by atoms with van der Waals surface area (Å²) in [6.07, 6.45) is 4.16. The second-order valence-corrected chi connectivity index (χ2v) is 7.81. The molecule has 0 radical (unpaired) electrons. The molecule has 6 nitrogen and oxygen atoms in total. The fraction of sp³-hybridized carbons (Fsp3) is 0.800. The molecule has 7 heteroatoms. The molecule has 0 saturated heterocycles. The molecule has 0 aliphatic carbocycles. The first-order valence-electron chi connectivity index (χ1n) is 7.94. The fourth-order valence-electron chi connectivity index (χ4n) is 2.40. The average molecular weight is 324 g/mol. The van der Waals surface area contributed by atoms with E-state index in [-0.39, 0.29) is 4.75 Å². The first-order valence-corrected chi connectivity index (χ1v) is 9.16. The average Bonchev–Trinajstić information content (AvgIpc) is 2.84. The van der Waals surface area contributed by atoms with Crippen molar-refractivity contribution < 1.29 is 0 Å². The number of aliphatic imine (C=N–C) groups is 1. The second kappa shape index (κ2) is 7.35. The molecule has 1 unspecified atom stereocenters. The van der Waals surface area contributed by atoms with Gasteiger partial charge in [0.1, 0.15) is 11.6 Å². The highest BCUT2D eigenvalue weighted by Crippen LogP contribution is 2.21. The van der Waals surface area contributed by atoms with Gasteiger partial charge in [-0.1, -0.05) is 0 Å². The van der Waals surface area contributed by atoms with Crippen molar-refractivity contribution in [3.05, 3.63) is 11.6 Å². The summed E-state index contributed by atoms with van der Waals surface area (Å²) in [6.45, 7) is 11.0. The quantitative estimate of drug-likeness (QED) is 0.636. The maximum atomic E-state index is 4.74. The van der Waals surface area contributed by atoms with E-state index in [1.54, 1.807) is 0 Å². The van der Waals surface area contributed by atoms with Gasteiger partial charge >= 0.3 is 0 Å². The molecule has 0 amide bonds. The Kier molecular flexibility index (Phi) is 5.72. The number of rotatable bonds is 5. The molecule has 2 rings (SSSR count). The third-order valence-corrected chi connectivity index (χ3v) is 5.05. The van der Waals surface area contributed by atoms with E-state index in [2.05, 4.69) is 47.7 Å². The monoisotopic (exact) mass is 324 g/mol. The van der Waals surface area contributed by atoms with Gasteiger partial charge in [-0.3, -0.25) is 4.99 Å². The number of hydrogen-bond donors (Lipinski definition) is 2. The summed E-state index contributed by atoms with van der Waals surface area (Å²) in [5.74, 6) is 2.86. The van der Waals surface area contributed by atoms with Crippen molar-refractivity contribution in [2.45, 2.75) is 57.9 Å². The van der Waals surface area contributed by atoms with Crippen LogP contribution in [-0.4, -0.2) is 50.9 Å². The van der Waals surface area contributed by atoms with Crippen molar-refractivity contribution >= 4 is 17.7 Å². The Morgan fingerprint density at radius 1 is 1.50 bits per heavy atom. The SMILES string of the molecule is CCNC(=NCC(C)(C)SC)NC1CCc2nc(C)nn2C1. The number of fused-ring (bicyclic) bond motifs is 1. The van der Waals surface area contributed by atoms with Gasteiger partial charge in [0, 0.05) is 23.8 Å². The zero-order valence-corrected chi connectivity index (χ0v) is 15.1. The van der Waals surface area contributed by atoms with Crippen LogP contribution in [0.2, 0.25) is 0 Å². The number of aryl methyl sites for hydroxylation is 2. The maximum absolute atomic E-state index is 4.74. The molecule has 1 aromatic heterocycles. The minimum absolute atomic E-state index is 0.158. The summed E-state index contributed by atoms with van der Waals surface area (Å²) < 4.78 is 2.18. The first kappa shape index (κ1) is 17.1. The Morgan fingerprint density at radius 3 is 2.95 bits per heavy atom. The van der Waals surface area contributed by atoms with Crippen molar-refractivity contribution in [1.82, 2.24) is 25.4 Å². The molecule has 0 fully saturated rings. The van der Waals surface area contributed by atoms with E-state index >= 15 is 0 Å². The van der Waals surface area contributed by atoms with Gasteiger partial charge in [0.15, 0.2) is 5.96 Å².